The lowest BCUT2D eigenvalue weighted by Gasteiger charge is -2.21. The highest BCUT2D eigenvalue weighted by Gasteiger charge is 2.12. The number of nitrogens with zero attached hydrogens (tertiary/aromatic N) is 1. The first-order valence-electron chi connectivity index (χ1n) is 8.40. The Bertz CT molecular complexity index is 745. The Morgan fingerprint density at radius 3 is 2.12 bits per heavy atom. The first-order chi connectivity index (χ1) is 12.2. The zero-order chi connectivity index (χ0) is 19.2. The molecule has 0 aliphatic carbocycles. The topological polar surface area (TPSA) is 78.7 Å². The van der Waals surface area contributed by atoms with Crippen molar-refractivity contribution in [3.63, 3.8) is 0 Å². The SMILES string of the molecule is CC(C)(C)Oc1ccc(CCC(=O)OCc2ccc([N+](=O)[O-])cc2)cc1. The summed E-state index contributed by atoms with van der Waals surface area (Å²) >= 11 is 0. The fourth-order valence-electron chi connectivity index (χ4n) is 2.27. The van der Waals surface area contributed by atoms with Gasteiger partial charge in [0.2, 0.25) is 0 Å². The molecule has 0 fully saturated rings. The first kappa shape index (κ1) is 19.4. The molecule has 0 spiro atoms. The molecular weight excluding hydrogens is 334 g/mol. The number of non-ortho nitro benzene ring substituents is 1. The zero-order valence-electron chi connectivity index (χ0n) is 15.2. The predicted molar refractivity (Wildman–Crippen MR) is 98.0 cm³/mol. The van der Waals surface area contributed by atoms with Gasteiger partial charge in [-0.3, -0.25) is 14.9 Å². The van der Waals surface area contributed by atoms with Crippen molar-refractivity contribution >= 4 is 11.7 Å². The molecule has 0 unspecified atom stereocenters. The van der Waals surface area contributed by atoms with E-state index in [1.807, 2.05) is 45.0 Å². The smallest absolute Gasteiger partial charge is 0.306 e. The minimum absolute atomic E-state index is 0.0129. The Morgan fingerprint density at radius 2 is 1.58 bits per heavy atom. The van der Waals surface area contributed by atoms with Crippen molar-refractivity contribution in [2.75, 3.05) is 0 Å². The Hall–Kier alpha value is -2.89. The molecule has 0 aliphatic rings. The van der Waals surface area contributed by atoms with E-state index < -0.39 is 4.92 Å². The number of hydrogen-bond acceptors (Lipinski definition) is 5. The molecule has 0 aliphatic heterocycles. The quantitative estimate of drug-likeness (QED) is 0.415. The number of ether oxygens (including phenoxy) is 2. The van der Waals surface area contributed by atoms with Crippen molar-refractivity contribution in [3.8, 4) is 5.75 Å². The van der Waals surface area contributed by atoms with E-state index in [-0.39, 0.29) is 30.3 Å². The summed E-state index contributed by atoms with van der Waals surface area (Å²) in [6.07, 6.45) is 0.849. The maximum absolute atomic E-state index is 11.9. The van der Waals surface area contributed by atoms with Gasteiger partial charge in [0.15, 0.2) is 0 Å². The predicted octanol–water partition coefficient (Wildman–Crippen LogP) is 4.45. The highest BCUT2D eigenvalue weighted by atomic mass is 16.6. The van der Waals surface area contributed by atoms with Gasteiger partial charge in [-0.2, -0.15) is 0 Å². The zero-order valence-corrected chi connectivity index (χ0v) is 15.2. The Morgan fingerprint density at radius 1 is 1.00 bits per heavy atom. The van der Waals surface area contributed by atoms with E-state index in [2.05, 4.69) is 0 Å². The molecule has 6 heteroatoms. The van der Waals surface area contributed by atoms with Crippen LogP contribution in [0.2, 0.25) is 0 Å². The first-order valence-corrected chi connectivity index (χ1v) is 8.40. The summed E-state index contributed by atoms with van der Waals surface area (Å²) in [5, 5.41) is 10.6. The van der Waals surface area contributed by atoms with E-state index in [1.54, 1.807) is 12.1 Å². The van der Waals surface area contributed by atoms with Crippen LogP contribution < -0.4 is 4.74 Å². The lowest BCUT2D eigenvalue weighted by Crippen LogP contribution is -2.22. The van der Waals surface area contributed by atoms with Crippen LogP contribution in [0.1, 0.15) is 38.3 Å². The second-order valence-corrected chi connectivity index (χ2v) is 6.94. The average Bonchev–Trinajstić information content (AvgIpc) is 2.58. The van der Waals surface area contributed by atoms with Crippen LogP contribution in [0.5, 0.6) is 5.75 Å². The van der Waals surface area contributed by atoms with Gasteiger partial charge >= 0.3 is 5.97 Å². The number of benzene rings is 2. The van der Waals surface area contributed by atoms with Gasteiger partial charge in [-0.05, 0) is 62.6 Å². The molecule has 0 saturated carbocycles. The number of carbonyl (C=O) groups excluding carboxylic acids is 1. The molecule has 2 rings (SSSR count). The van der Waals surface area contributed by atoms with Crippen molar-refractivity contribution in [3.05, 3.63) is 69.8 Å². The molecule has 0 aromatic heterocycles. The van der Waals surface area contributed by atoms with Gasteiger partial charge < -0.3 is 9.47 Å². The van der Waals surface area contributed by atoms with E-state index in [0.717, 1.165) is 11.3 Å². The summed E-state index contributed by atoms with van der Waals surface area (Å²) in [6.45, 7) is 6.07. The maximum Gasteiger partial charge on any atom is 0.306 e. The van der Waals surface area contributed by atoms with Crippen molar-refractivity contribution in [1.82, 2.24) is 0 Å². The number of hydrogen-bond donors (Lipinski definition) is 0. The summed E-state index contributed by atoms with van der Waals surface area (Å²) in [6, 6.07) is 13.6. The summed E-state index contributed by atoms with van der Waals surface area (Å²) in [4.78, 5) is 22.0. The van der Waals surface area contributed by atoms with Crippen LogP contribution in [0.4, 0.5) is 5.69 Å². The van der Waals surface area contributed by atoms with Gasteiger partial charge in [0.1, 0.15) is 18.0 Å². The highest BCUT2D eigenvalue weighted by Crippen LogP contribution is 2.19. The number of nitro groups is 1. The molecule has 0 N–H and O–H groups in total. The summed E-state index contributed by atoms with van der Waals surface area (Å²) in [7, 11) is 0. The molecule has 2 aromatic carbocycles. The van der Waals surface area contributed by atoms with Gasteiger partial charge in [0.05, 0.1) is 4.92 Å². The third-order valence-electron chi connectivity index (χ3n) is 3.51. The van der Waals surface area contributed by atoms with Crippen LogP contribution >= 0.6 is 0 Å². The summed E-state index contributed by atoms with van der Waals surface area (Å²) in [5.74, 6) is 0.486. The average molecular weight is 357 g/mol. The summed E-state index contributed by atoms with van der Waals surface area (Å²) < 4.78 is 11.0. The molecule has 0 saturated heterocycles. The Balaban J connectivity index is 1.77. The van der Waals surface area contributed by atoms with Crippen LogP contribution in [0.3, 0.4) is 0 Å². The molecule has 0 radical (unpaired) electrons. The number of aryl methyl sites for hydroxylation is 1. The number of esters is 1. The summed E-state index contributed by atoms with van der Waals surface area (Å²) in [5.41, 5.74) is 1.51. The van der Waals surface area contributed by atoms with E-state index in [4.69, 9.17) is 9.47 Å². The Labute approximate surface area is 152 Å². The lowest BCUT2D eigenvalue weighted by atomic mass is 10.1. The fourth-order valence-corrected chi connectivity index (χ4v) is 2.27. The standard InChI is InChI=1S/C20H23NO5/c1-20(2,3)26-18-11-6-15(7-12-18)8-13-19(22)25-14-16-4-9-17(10-5-16)21(23)24/h4-7,9-12H,8,13-14H2,1-3H3. The van der Waals surface area contributed by atoms with Gasteiger partial charge in [0.25, 0.3) is 5.69 Å². The van der Waals surface area contributed by atoms with E-state index in [1.165, 1.54) is 12.1 Å². The van der Waals surface area contributed by atoms with Crippen molar-refractivity contribution in [1.29, 1.82) is 0 Å². The monoisotopic (exact) mass is 357 g/mol. The largest absolute Gasteiger partial charge is 0.488 e. The van der Waals surface area contributed by atoms with Crippen molar-refractivity contribution in [2.45, 2.75) is 45.8 Å². The van der Waals surface area contributed by atoms with Crippen molar-refractivity contribution in [2.24, 2.45) is 0 Å². The van der Waals surface area contributed by atoms with Crippen LogP contribution in [0.25, 0.3) is 0 Å². The van der Waals surface area contributed by atoms with E-state index in [9.17, 15) is 14.9 Å². The lowest BCUT2D eigenvalue weighted by molar-refractivity contribution is -0.384. The molecule has 2 aromatic rings. The molecule has 6 nitrogen and oxygen atoms in total. The minimum atomic E-state index is -0.465. The van der Waals surface area contributed by atoms with E-state index in [0.29, 0.717) is 12.0 Å². The molecule has 26 heavy (non-hydrogen) atoms. The minimum Gasteiger partial charge on any atom is -0.488 e. The second-order valence-electron chi connectivity index (χ2n) is 6.94. The van der Waals surface area contributed by atoms with Crippen LogP contribution in [-0.2, 0) is 22.6 Å². The molecular formula is C20H23NO5. The van der Waals surface area contributed by atoms with Crippen LogP contribution in [-0.4, -0.2) is 16.5 Å². The third kappa shape index (κ3) is 6.55. The van der Waals surface area contributed by atoms with Gasteiger partial charge in [0, 0.05) is 18.6 Å². The highest BCUT2D eigenvalue weighted by molar-refractivity contribution is 5.69. The molecule has 0 atom stereocenters. The van der Waals surface area contributed by atoms with E-state index >= 15 is 0 Å². The van der Waals surface area contributed by atoms with Crippen LogP contribution in [0.15, 0.2) is 48.5 Å². The molecule has 0 amide bonds. The fraction of sp³-hybridized carbons (Fsp3) is 0.350. The van der Waals surface area contributed by atoms with Gasteiger partial charge in [-0.25, -0.2) is 0 Å². The second kappa shape index (κ2) is 8.47. The maximum atomic E-state index is 11.9. The molecule has 0 heterocycles. The van der Waals surface area contributed by atoms with Crippen molar-refractivity contribution < 1.29 is 19.2 Å². The molecule has 0 bridgehead atoms. The number of carbonyl (C=O) groups is 1. The van der Waals surface area contributed by atoms with Gasteiger partial charge in [-0.1, -0.05) is 12.1 Å². The number of rotatable bonds is 7. The Kier molecular flexibility index (Phi) is 6.33. The van der Waals surface area contributed by atoms with Gasteiger partial charge in [-0.15, -0.1) is 0 Å². The molecule has 138 valence electrons. The van der Waals surface area contributed by atoms with Crippen LogP contribution in [0, 0.1) is 10.1 Å². The third-order valence-corrected chi connectivity index (χ3v) is 3.51. The normalized spacial score (nSPS) is 11.0. The number of nitro benzene ring substituents is 1.